The molecule has 35 heavy (non-hydrogen) atoms. The first-order valence-corrected chi connectivity index (χ1v) is 12.6. The number of hydrogen-bond donors (Lipinski definition) is 3. The largest absolute Gasteiger partial charge is 0.494 e. The number of benzene rings is 1. The monoisotopic (exact) mass is 494 g/mol. The summed E-state index contributed by atoms with van der Waals surface area (Å²) in [5, 5.41) is 12.0. The van der Waals surface area contributed by atoms with Crippen LogP contribution in [0.2, 0.25) is 0 Å². The zero-order valence-electron chi connectivity index (χ0n) is 20.2. The van der Waals surface area contributed by atoms with Crippen LogP contribution in [0.3, 0.4) is 0 Å². The lowest BCUT2D eigenvalue weighted by Gasteiger charge is -2.41. The third-order valence-electron chi connectivity index (χ3n) is 7.11. The Morgan fingerprint density at radius 1 is 1.43 bits per heavy atom. The Labute approximate surface area is 208 Å². The quantitative estimate of drug-likeness (QED) is 0.364. The van der Waals surface area contributed by atoms with Gasteiger partial charge in [0.25, 0.3) is 0 Å². The smallest absolute Gasteiger partial charge is 0.229 e. The summed E-state index contributed by atoms with van der Waals surface area (Å²) in [6, 6.07) is 3.58. The highest BCUT2D eigenvalue weighted by molar-refractivity contribution is 7.19. The van der Waals surface area contributed by atoms with Crippen molar-refractivity contribution in [1.82, 2.24) is 14.9 Å². The Morgan fingerprint density at radius 3 is 3.00 bits per heavy atom. The van der Waals surface area contributed by atoms with Gasteiger partial charge < -0.3 is 30.8 Å². The molecular formula is C25H30N6O3S. The normalized spacial score (nSPS) is 22.0. The Hall–Kier alpha value is -3.24. The number of carbonyl (C=O) groups is 1. The zero-order chi connectivity index (χ0) is 24.7. The molecule has 4 N–H and O–H groups in total. The van der Waals surface area contributed by atoms with Gasteiger partial charge in [-0.3, -0.25) is 4.79 Å². The van der Waals surface area contributed by atoms with Gasteiger partial charge in [0.05, 0.1) is 42.9 Å². The minimum Gasteiger partial charge on any atom is -0.494 e. The van der Waals surface area contributed by atoms with Crippen molar-refractivity contribution in [3.8, 4) is 5.75 Å². The number of morpholine rings is 1. The highest BCUT2D eigenvalue weighted by Gasteiger charge is 2.42. The molecule has 5 rings (SSSR count). The summed E-state index contributed by atoms with van der Waals surface area (Å²) in [6.07, 6.45) is 5.01. The van der Waals surface area contributed by atoms with Crippen LogP contribution in [0.1, 0.15) is 36.3 Å². The molecule has 0 spiro atoms. The fourth-order valence-electron chi connectivity index (χ4n) is 5.07. The van der Waals surface area contributed by atoms with Gasteiger partial charge in [0.15, 0.2) is 0 Å². The third-order valence-corrected chi connectivity index (χ3v) is 8.25. The summed E-state index contributed by atoms with van der Waals surface area (Å²) >= 11 is 1.64. The number of nitrogens with zero attached hydrogens (tertiary/aromatic N) is 3. The average Bonchev–Trinajstić information content (AvgIpc) is 3.22. The van der Waals surface area contributed by atoms with E-state index in [-0.39, 0.29) is 11.9 Å². The van der Waals surface area contributed by atoms with Crippen molar-refractivity contribution in [2.75, 3.05) is 37.9 Å². The predicted octanol–water partition coefficient (Wildman–Crippen LogP) is 3.77. The highest BCUT2D eigenvalue weighted by Crippen LogP contribution is 2.46. The molecule has 1 aliphatic carbocycles. The second-order valence-electron chi connectivity index (χ2n) is 9.52. The molecule has 10 heteroatoms. The number of aryl methyl sites for hydroxylation is 1. The van der Waals surface area contributed by atoms with Gasteiger partial charge in [-0.05, 0) is 37.8 Å². The number of thiophene rings is 1. The van der Waals surface area contributed by atoms with Gasteiger partial charge in [0.2, 0.25) is 5.91 Å². The van der Waals surface area contributed by atoms with Crippen LogP contribution in [0.25, 0.3) is 10.2 Å². The number of amides is 1. The molecular weight excluding hydrogens is 464 g/mol. The fraction of sp³-hybridized carbons (Fsp3) is 0.440. The van der Waals surface area contributed by atoms with Crippen LogP contribution in [0.15, 0.2) is 18.5 Å². The lowest BCUT2D eigenvalue weighted by atomic mass is 9.74. The van der Waals surface area contributed by atoms with Gasteiger partial charge in [-0.25, -0.2) is 9.97 Å². The van der Waals surface area contributed by atoms with Crippen molar-refractivity contribution in [2.24, 2.45) is 5.41 Å². The van der Waals surface area contributed by atoms with Crippen molar-refractivity contribution in [3.05, 3.63) is 34.5 Å². The summed E-state index contributed by atoms with van der Waals surface area (Å²) in [5.41, 5.74) is 8.53. The maximum Gasteiger partial charge on any atom is 0.229 e. The summed E-state index contributed by atoms with van der Waals surface area (Å²) in [5.74, 6) is 1.47. The van der Waals surface area contributed by atoms with E-state index in [1.165, 1.54) is 16.7 Å². The summed E-state index contributed by atoms with van der Waals surface area (Å²) in [7, 11) is 1.58. The number of rotatable bonds is 5. The molecule has 184 valence electrons. The molecule has 0 saturated carbocycles. The molecule has 1 amide bonds. The van der Waals surface area contributed by atoms with Gasteiger partial charge in [0, 0.05) is 35.0 Å². The van der Waals surface area contributed by atoms with E-state index in [0.29, 0.717) is 54.7 Å². The van der Waals surface area contributed by atoms with Gasteiger partial charge in [-0.15, -0.1) is 11.3 Å². The predicted molar refractivity (Wildman–Crippen MR) is 138 cm³/mol. The summed E-state index contributed by atoms with van der Waals surface area (Å²) in [4.78, 5) is 26.7. The van der Waals surface area contributed by atoms with Crippen molar-refractivity contribution in [1.29, 1.82) is 5.41 Å². The molecule has 1 saturated heterocycles. The topological polar surface area (TPSA) is 126 Å². The second kappa shape index (κ2) is 9.09. The van der Waals surface area contributed by atoms with Crippen molar-refractivity contribution < 1.29 is 14.3 Å². The number of ether oxygens (including phenoxy) is 2. The van der Waals surface area contributed by atoms with E-state index in [9.17, 15) is 4.79 Å². The van der Waals surface area contributed by atoms with E-state index in [1.54, 1.807) is 36.9 Å². The Bertz CT molecular complexity index is 1310. The van der Waals surface area contributed by atoms with E-state index >= 15 is 0 Å². The number of nitrogens with one attached hydrogen (secondary N) is 2. The molecule has 2 atom stereocenters. The third kappa shape index (κ3) is 4.10. The maximum absolute atomic E-state index is 13.6. The molecule has 2 unspecified atom stereocenters. The van der Waals surface area contributed by atoms with Crippen LogP contribution < -0.4 is 15.8 Å². The van der Waals surface area contributed by atoms with E-state index in [1.807, 2.05) is 4.90 Å². The number of aromatic nitrogens is 2. The lowest BCUT2D eigenvalue weighted by Crippen LogP contribution is -2.53. The molecule has 2 aromatic heterocycles. The number of anilines is 3. The van der Waals surface area contributed by atoms with Gasteiger partial charge in [0.1, 0.15) is 22.7 Å². The number of carbonyl (C=O) groups excluding carboxylic acids is 1. The summed E-state index contributed by atoms with van der Waals surface area (Å²) < 4.78 is 11.1. The first kappa shape index (κ1) is 23.5. The van der Waals surface area contributed by atoms with Crippen molar-refractivity contribution in [3.63, 3.8) is 0 Å². The standard InChI is InChI=1S/C25H30N6O3S/c1-14-12-34-7-6-31(14)24(32)25(2)5-4-16-20(10-25)35-23-21(16)22(28-13-29-23)30-18-8-15(11-26)17(27)9-19(18)33-3/h8-9,11,13-14,26H,4-7,10,12,27H2,1-3H3,(H,28,29,30). The molecule has 1 fully saturated rings. The number of nitrogens with two attached hydrogens (primary N) is 1. The fourth-order valence-corrected chi connectivity index (χ4v) is 6.44. The zero-order valence-corrected chi connectivity index (χ0v) is 21.0. The molecule has 0 radical (unpaired) electrons. The first-order chi connectivity index (χ1) is 16.8. The first-order valence-electron chi connectivity index (χ1n) is 11.7. The molecule has 2 aliphatic rings. The lowest BCUT2D eigenvalue weighted by molar-refractivity contribution is -0.150. The van der Waals surface area contributed by atoms with Crippen LogP contribution in [0, 0.1) is 10.8 Å². The molecule has 1 aromatic carbocycles. The van der Waals surface area contributed by atoms with Crippen molar-refractivity contribution >= 4 is 50.9 Å². The molecule has 3 aromatic rings. The number of methoxy groups -OCH3 is 1. The molecule has 1 aliphatic heterocycles. The van der Waals surface area contributed by atoms with Crippen LogP contribution in [-0.4, -0.2) is 59.9 Å². The van der Waals surface area contributed by atoms with Crippen LogP contribution in [0.4, 0.5) is 17.2 Å². The number of hydrogen-bond acceptors (Lipinski definition) is 9. The van der Waals surface area contributed by atoms with Crippen LogP contribution >= 0.6 is 11.3 Å². The Morgan fingerprint density at radius 2 is 2.26 bits per heavy atom. The summed E-state index contributed by atoms with van der Waals surface area (Å²) in [6.45, 7) is 5.98. The van der Waals surface area contributed by atoms with Crippen molar-refractivity contribution in [2.45, 2.75) is 39.2 Å². The number of fused-ring (bicyclic) bond motifs is 3. The van der Waals surface area contributed by atoms with E-state index in [0.717, 1.165) is 23.1 Å². The molecule has 9 nitrogen and oxygen atoms in total. The Balaban J connectivity index is 1.49. The average molecular weight is 495 g/mol. The second-order valence-corrected chi connectivity index (χ2v) is 10.6. The van der Waals surface area contributed by atoms with Gasteiger partial charge >= 0.3 is 0 Å². The molecule has 0 bridgehead atoms. The Kier molecular flexibility index (Phi) is 6.10. The van der Waals surface area contributed by atoms with E-state index < -0.39 is 5.41 Å². The minimum absolute atomic E-state index is 0.0966. The molecule has 3 heterocycles. The maximum atomic E-state index is 13.6. The van der Waals surface area contributed by atoms with E-state index in [2.05, 4.69) is 29.1 Å². The SMILES string of the molecule is COc1cc(N)c(C=N)cc1Nc1ncnc2sc3c(c12)CCC(C)(C(=O)N1CCOCC1C)C3. The highest BCUT2D eigenvalue weighted by atomic mass is 32.1. The van der Waals surface area contributed by atoms with Gasteiger partial charge in [-0.2, -0.15) is 0 Å². The van der Waals surface area contributed by atoms with Crippen LogP contribution in [-0.2, 0) is 22.4 Å². The van der Waals surface area contributed by atoms with E-state index in [4.69, 9.17) is 20.6 Å². The van der Waals surface area contributed by atoms with Gasteiger partial charge in [-0.1, -0.05) is 6.92 Å². The number of nitrogen functional groups attached to an aromatic ring is 1. The minimum atomic E-state index is -0.445. The van der Waals surface area contributed by atoms with Crippen LogP contribution in [0.5, 0.6) is 5.75 Å².